The maximum atomic E-state index is 12.8. The number of fused-ring (bicyclic) bond motifs is 1. The molecular formula is C22H26N4O2S. The highest BCUT2D eigenvalue weighted by Gasteiger charge is 2.22. The van der Waals surface area contributed by atoms with Crippen LogP contribution in [0.25, 0.3) is 4.96 Å². The zero-order valence-corrected chi connectivity index (χ0v) is 17.5. The molecule has 6 nitrogen and oxygen atoms in total. The lowest BCUT2D eigenvalue weighted by Gasteiger charge is -2.34. The number of amides is 1. The number of nitrogens with zero attached hydrogens (tertiary/aromatic N) is 4. The molecule has 1 amide bonds. The summed E-state index contributed by atoms with van der Waals surface area (Å²) in [6.45, 7) is 5.77. The van der Waals surface area contributed by atoms with Crippen LogP contribution >= 0.6 is 11.3 Å². The van der Waals surface area contributed by atoms with Crippen molar-refractivity contribution in [2.75, 3.05) is 26.2 Å². The van der Waals surface area contributed by atoms with Crippen LogP contribution in [0.4, 0.5) is 0 Å². The fourth-order valence-electron chi connectivity index (χ4n) is 3.68. The number of benzene rings is 1. The van der Waals surface area contributed by atoms with Crippen molar-refractivity contribution < 1.29 is 4.79 Å². The van der Waals surface area contributed by atoms with Gasteiger partial charge in [-0.2, -0.15) is 0 Å². The highest BCUT2D eigenvalue weighted by molar-refractivity contribution is 7.15. The Morgan fingerprint density at radius 3 is 2.62 bits per heavy atom. The van der Waals surface area contributed by atoms with Gasteiger partial charge in [-0.05, 0) is 30.5 Å². The van der Waals surface area contributed by atoms with Gasteiger partial charge in [0.1, 0.15) is 0 Å². The molecule has 0 atom stereocenters. The zero-order chi connectivity index (χ0) is 20.2. The first kappa shape index (κ1) is 19.8. The van der Waals surface area contributed by atoms with Gasteiger partial charge in [0.15, 0.2) is 4.96 Å². The van der Waals surface area contributed by atoms with Crippen molar-refractivity contribution in [1.82, 2.24) is 19.2 Å². The van der Waals surface area contributed by atoms with E-state index in [-0.39, 0.29) is 11.5 Å². The van der Waals surface area contributed by atoms with E-state index in [9.17, 15) is 9.59 Å². The number of carbonyl (C=O) groups is 1. The first-order chi connectivity index (χ1) is 14.1. The molecule has 3 heterocycles. The molecule has 0 aliphatic carbocycles. The Morgan fingerprint density at radius 2 is 1.90 bits per heavy atom. The molecule has 1 fully saturated rings. The normalized spacial score (nSPS) is 15.1. The van der Waals surface area contributed by atoms with E-state index >= 15 is 0 Å². The van der Waals surface area contributed by atoms with Crippen LogP contribution in [-0.4, -0.2) is 51.3 Å². The molecule has 29 heavy (non-hydrogen) atoms. The van der Waals surface area contributed by atoms with E-state index in [1.807, 2.05) is 22.4 Å². The molecule has 0 spiro atoms. The minimum Gasteiger partial charge on any atom is -0.336 e. The van der Waals surface area contributed by atoms with Gasteiger partial charge in [-0.1, -0.05) is 25.5 Å². The summed E-state index contributed by atoms with van der Waals surface area (Å²) in [4.78, 5) is 34.4. The number of carbonyl (C=O) groups excluding carboxylic acids is 1. The Kier molecular flexibility index (Phi) is 6.06. The predicted molar refractivity (Wildman–Crippen MR) is 116 cm³/mol. The van der Waals surface area contributed by atoms with Crippen molar-refractivity contribution in [3.05, 3.63) is 69.1 Å². The van der Waals surface area contributed by atoms with Crippen LogP contribution in [0.5, 0.6) is 0 Å². The molecule has 1 aromatic carbocycles. The van der Waals surface area contributed by atoms with Crippen LogP contribution in [-0.2, 0) is 13.0 Å². The summed E-state index contributed by atoms with van der Waals surface area (Å²) in [7, 11) is 0. The fourth-order valence-corrected chi connectivity index (χ4v) is 4.42. The number of aromatic nitrogens is 2. The molecule has 0 radical (unpaired) electrons. The molecule has 0 saturated carbocycles. The van der Waals surface area contributed by atoms with Gasteiger partial charge in [0, 0.05) is 55.9 Å². The van der Waals surface area contributed by atoms with Gasteiger partial charge < -0.3 is 4.90 Å². The van der Waals surface area contributed by atoms with Crippen molar-refractivity contribution in [3.63, 3.8) is 0 Å². The van der Waals surface area contributed by atoms with E-state index in [0.29, 0.717) is 19.6 Å². The highest BCUT2D eigenvalue weighted by Crippen LogP contribution is 2.14. The topological polar surface area (TPSA) is 57.9 Å². The molecule has 152 valence electrons. The molecule has 7 heteroatoms. The number of thiazole rings is 1. The largest absolute Gasteiger partial charge is 0.336 e. The number of hydrogen-bond donors (Lipinski definition) is 0. The van der Waals surface area contributed by atoms with Crippen LogP contribution in [0.15, 0.2) is 46.7 Å². The average Bonchev–Trinajstić information content (AvgIpc) is 3.22. The first-order valence-corrected chi connectivity index (χ1v) is 11.1. The van der Waals surface area contributed by atoms with E-state index in [4.69, 9.17) is 0 Å². The summed E-state index contributed by atoms with van der Waals surface area (Å²) in [5, 5.41) is 1.87. The van der Waals surface area contributed by atoms with E-state index in [2.05, 4.69) is 28.9 Å². The highest BCUT2D eigenvalue weighted by atomic mass is 32.1. The lowest BCUT2D eigenvalue weighted by molar-refractivity contribution is 0.0627. The Balaban J connectivity index is 1.33. The summed E-state index contributed by atoms with van der Waals surface area (Å²) in [6, 6.07) is 9.66. The van der Waals surface area contributed by atoms with Crippen LogP contribution in [0.3, 0.4) is 0 Å². The third-order valence-electron chi connectivity index (χ3n) is 5.42. The molecule has 0 bridgehead atoms. The summed E-state index contributed by atoms with van der Waals surface area (Å²) < 4.78 is 1.57. The molecule has 4 rings (SSSR count). The maximum absolute atomic E-state index is 12.8. The average molecular weight is 411 g/mol. The second-order valence-corrected chi connectivity index (χ2v) is 8.38. The Hall–Kier alpha value is -2.51. The van der Waals surface area contributed by atoms with Gasteiger partial charge in [-0.15, -0.1) is 11.3 Å². The molecule has 0 unspecified atom stereocenters. The summed E-state index contributed by atoms with van der Waals surface area (Å²) in [6.07, 6.45) is 5.17. The number of rotatable bonds is 6. The van der Waals surface area contributed by atoms with Gasteiger partial charge in [-0.3, -0.25) is 18.9 Å². The molecule has 2 aromatic heterocycles. The van der Waals surface area contributed by atoms with E-state index < -0.39 is 0 Å². The number of piperazine rings is 1. The molecule has 1 aliphatic rings. The second kappa shape index (κ2) is 8.88. The van der Waals surface area contributed by atoms with Crippen molar-refractivity contribution in [1.29, 1.82) is 0 Å². The fraction of sp³-hybridized carbons (Fsp3) is 0.409. The smallest absolute Gasteiger partial charge is 0.258 e. The zero-order valence-electron chi connectivity index (χ0n) is 16.7. The van der Waals surface area contributed by atoms with Gasteiger partial charge in [-0.25, -0.2) is 4.98 Å². The number of aryl methyl sites for hydroxylation is 1. The van der Waals surface area contributed by atoms with Crippen LogP contribution in [0, 0.1) is 0 Å². The van der Waals surface area contributed by atoms with E-state index in [0.717, 1.165) is 35.7 Å². The van der Waals surface area contributed by atoms with Gasteiger partial charge in [0.25, 0.3) is 11.5 Å². The summed E-state index contributed by atoms with van der Waals surface area (Å²) in [5.74, 6) is 0.100. The van der Waals surface area contributed by atoms with Crippen molar-refractivity contribution in [2.45, 2.75) is 32.7 Å². The lowest BCUT2D eigenvalue weighted by atomic mass is 10.1. The molecule has 0 N–H and O–H groups in total. The molecule has 3 aromatic rings. The summed E-state index contributed by atoms with van der Waals surface area (Å²) in [5.41, 5.74) is 2.80. The predicted octanol–water partition coefficient (Wildman–Crippen LogP) is 3.06. The van der Waals surface area contributed by atoms with E-state index in [1.165, 1.54) is 29.7 Å². The Morgan fingerprint density at radius 1 is 1.14 bits per heavy atom. The van der Waals surface area contributed by atoms with Crippen molar-refractivity contribution in [3.8, 4) is 0 Å². The standard InChI is InChI=1S/C22H26N4O2S/c1-2-3-4-17-5-7-18(8-6-17)21(28)25-11-9-24(10-12-25)16-19-15-20(27)26-13-14-29-22(26)23-19/h5-8,13-15H,2-4,9-12,16H2,1H3. The van der Waals surface area contributed by atoms with Crippen molar-refractivity contribution in [2.24, 2.45) is 0 Å². The van der Waals surface area contributed by atoms with Gasteiger partial charge in [0.2, 0.25) is 0 Å². The quantitative estimate of drug-likeness (QED) is 0.627. The van der Waals surface area contributed by atoms with Crippen LogP contribution < -0.4 is 5.56 Å². The SMILES string of the molecule is CCCCc1ccc(C(=O)N2CCN(Cc3cc(=O)n4ccsc4n3)CC2)cc1. The Bertz CT molecular complexity index is 1030. The van der Waals surface area contributed by atoms with E-state index in [1.54, 1.807) is 16.7 Å². The van der Waals surface area contributed by atoms with Crippen LogP contribution in [0.1, 0.15) is 41.4 Å². The second-order valence-electron chi connectivity index (χ2n) is 7.51. The van der Waals surface area contributed by atoms with Gasteiger partial charge in [0.05, 0.1) is 5.69 Å². The Labute approximate surface area is 174 Å². The van der Waals surface area contributed by atoms with Gasteiger partial charge >= 0.3 is 0 Å². The third-order valence-corrected chi connectivity index (χ3v) is 6.18. The molecule has 1 saturated heterocycles. The monoisotopic (exact) mass is 410 g/mol. The molecule has 1 aliphatic heterocycles. The number of unbranched alkanes of at least 4 members (excludes halogenated alkanes) is 1. The third kappa shape index (κ3) is 4.57. The summed E-state index contributed by atoms with van der Waals surface area (Å²) >= 11 is 1.47. The maximum Gasteiger partial charge on any atom is 0.258 e. The number of hydrogen-bond acceptors (Lipinski definition) is 5. The minimum absolute atomic E-state index is 0.0394. The van der Waals surface area contributed by atoms with Crippen LogP contribution in [0.2, 0.25) is 0 Å². The lowest BCUT2D eigenvalue weighted by Crippen LogP contribution is -2.48. The molecular weight excluding hydrogens is 384 g/mol. The van der Waals surface area contributed by atoms with Crippen molar-refractivity contribution >= 4 is 22.2 Å². The minimum atomic E-state index is -0.0394. The first-order valence-electron chi connectivity index (χ1n) is 10.2.